The van der Waals surface area contributed by atoms with Crippen LogP contribution in [0.15, 0.2) is 18.2 Å². The summed E-state index contributed by atoms with van der Waals surface area (Å²) < 4.78 is 10.3. The second-order valence-corrected chi connectivity index (χ2v) is 4.36. The van der Waals surface area contributed by atoms with Gasteiger partial charge in [-0.15, -0.1) is 0 Å². The molecule has 0 amide bonds. The predicted molar refractivity (Wildman–Crippen MR) is 80.9 cm³/mol. The minimum absolute atomic E-state index is 0.144. The molecule has 0 saturated heterocycles. The van der Waals surface area contributed by atoms with Crippen molar-refractivity contribution in [3.05, 3.63) is 33.6 Å². The number of nitrogens with zero attached hydrogens (tertiary/aromatic N) is 3. The van der Waals surface area contributed by atoms with Crippen molar-refractivity contribution in [2.24, 2.45) is 0 Å². The molecule has 10 heteroatoms. The van der Waals surface area contributed by atoms with E-state index in [1.807, 2.05) is 0 Å². The molecule has 1 aromatic heterocycles. The highest BCUT2D eigenvalue weighted by Gasteiger charge is 2.23. The molecule has 0 aliphatic rings. The van der Waals surface area contributed by atoms with Crippen LogP contribution in [0.3, 0.4) is 0 Å². The van der Waals surface area contributed by atoms with Gasteiger partial charge in [0.1, 0.15) is 11.5 Å². The Morgan fingerprint density at radius 3 is 2.64 bits per heavy atom. The van der Waals surface area contributed by atoms with Gasteiger partial charge in [0.05, 0.1) is 24.8 Å². The Kier molecular flexibility index (Phi) is 4.47. The molecule has 22 heavy (non-hydrogen) atoms. The number of aromatic nitrogens is 2. The molecule has 1 heterocycles. The fourth-order valence-corrected chi connectivity index (χ4v) is 1.93. The number of ether oxygens (including phenoxy) is 2. The Morgan fingerprint density at radius 1 is 1.32 bits per heavy atom. The minimum atomic E-state index is -0.694. The van der Waals surface area contributed by atoms with Gasteiger partial charge in [0.15, 0.2) is 0 Å². The van der Waals surface area contributed by atoms with E-state index in [9.17, 15) is 10.1 Å². The van der Waals surface area contributed by atoms with Crippen molar-refractivity contribution in [1.29, 1.82) is 0 Å². The van der Waals surface area contributed by atoms with Crippen molar-refractivity contribution >= 4 is 34.6 Å². The monoisotopic (exact) mass is 325 g/mol. The summed E-state index contributed by atoms with van der Waals surface area (Å²) in [5.41, 5.74) is 5.45. The van der Waals surface area contributed by atoms with Gasteiger partial charge in [-0.1, -0.05) is 0 Å². The van der Waals surface area contributed by atoms with Gasteiger partial charge in [0.25, 0.3) is 0 Å². The largest absolute Gasteiger partial charge is 0.497 e. The zero-order valence-electron chi connectivity index (χ0n) is 11.7. The molecular formula is C12H12ClN5O4. The van der Waals surface area contributed by atoms with Crippen molar-refractivity contribution in [1.82, 2.24) is 9.97 Å². The lowest BCUT2D eigenvalue weighted by atomic mass is 10.2. The molecule has 116 valence electrons. The van der Waals surface area contributed by atoms with Crippen molar-refractivity contribution in [3.8, 4) is 11.5 Å². The molecule has 2 rings (SSSR count). The molecule has 0 saturated carbocycles. The number of halogens is 1. The van der Waals surface area contributed by atoms with E-state index in [1.165, 1.54) is 14.2 Å². The Hall–Kier alpha value is -2.81. The third-order valence-corrected chi connectivity index (χ3v) is 2.90. The number of methoxy groups -OCH3 is 2. The highest BCUT2D eigenvalue weighted by Crippen LogP contribution is 2.36. The lowest BCUT2D eigenvalue weighted by Crippen LogP contribution is -2.06. The van der Waals surface area contributed by atoms with Crippen molar-refractivity contribution < 1.29 is 14.4 Å². The van der Waals surface area contributed by atoms with Gasteiger partial charge in [-0.05, 0) is 23.7 Å². The second kappa shape index (κ2) is 6.31. The van der Waals surface area contributed by atoms with Crippen LogP contribution in [-0.4, -0.2) is 29.1 Å². The van der Waals surface area contributed by atoms with Crippen LogP contribution in [0.25, 0.3) is 0 Å². The van der Waals surface area contributed by atoms with Crippen molar-refractivity contribution in [2.75, 3.05) is 25.3 Å². The molecule has 3 N–H and O–H groups in total. The van der Waals surface area contributed by atoms with Crippen LogP contribution in [0.1, 0.15) is 0 Å². The molecule has 0 aliphatic carbocycles. The molecule has 0 aliphatic heterocycles. The molecule has 0 fully saturated rings. The van der Waals surface area contributed by atoms with Crippen LogP contribution in [0.4, 0.5) is 23.0 Å². The van der Waals surface area contributed by atoms with E-state index in [-0.39, 0.29) is 16.9 Å². The summed E-state index contributed by atoms with van der Waals surface area (Å²) in [6.45, 7) is 0. The summed E-state index contributed by atoms with van der Waals surface area (Å²) in [4.78, 5) is 17.8. The van der Waals surface area contributed by atoms with Gasteiger partial charge in [0, 0.05) is 6.07 Å². The number of nitrogens with one attached hydrogen (secondary N) is 1. The van der Waals surface area contributed by atoms with Gasteiger partial charge in [-0.2, -0.15) is 9.97 Å². The maximum Gasteiger partial charge on any atom is 0.353 e. The van der Waals surface area contributed by atoms with Crippen LogP contribution in [0.5, 0.6) is 11.5 Å². The van der Waals surface area contributed by atoms with E-state index in [0.717, 1.165) is 0 Å². The van der Waals surface area contributed by atoms with E-state index >= 15 is 0 Å². The van der Waals surface area contributed by atoms with Gasteiger partial charge in [-0.25, -0.2) is 0 Å². The lowest BCUT2D eigenvalue weighted by molar-refractivity contribution is -0.383. The molecule has 0 unspecified atom stereocenters. The average molecular weight is 326 g/mol. The minimum Gasteiger partial charge on any atom is -0.497 e. The number of rotatable bonds is 5. The van der Waals surface area contributed by atoms with Gasteiger partial charge >= 0.3 is 5.69 Å². The topological polar surface area (TPSA) is 125 Å². The molecule has 0 spiro atoms. The Balaban J connectivity index is 2.53. The third kappa shape index (κ3) is 3.09. The van der Waals surface area contributed by atoms with Crippen LogP contribution in [-0.2, 0) is 0 Å². The first-order chi connectivity index (χ1) is 10.5. The fourth-order valence-electron chi connectivity index (χ4n) is 1.75. The Bertz CT molecular complexity index is 725. The number of nitrogens with two attached hydrogens (primary N) is 1. The zero-order valence-corrected chi connectivity index (χ0v) is 12.4. The first-order valence-corrected chi connectivity index (χ1v) is 6.30. The number of benzene rings is 1. The summed E-state index contributed by atoms with van der Waals surface area (Å²) in [5.74, 6) is 0.478. The van der Waals surface area contributed by atoms with Gasteiger partial charge in [0.2, 0.25) is 16.9 Å². The molecule has 0 atom stereocenters. The smallest absolute Gasteiger partial charge is 0.353 e. The molecule has 1 aromatic carbocycles. The van der Waals surface area contributed by atoms with Crippen molar-refractivity contribution in [2.45, 2.75) is 0 Å². The van der Waals surface area contributed by atoms with Gasteiger partial charge in [-0.3, -0.25) is 10.1 Å². The van der Waals surface area contributed by atoms with Crippen LogP contribution < -0.4 is 20.5 Å². The van der Waals surface area contributed by atoms with E-state index in [1.54, 1.807) is 18.2 Å². The van der Waals surface area contributed by atoms with Crippen LogP contribution >= 0.6 is 11.6 Å². The lowest BCUT2D eigenvalue weighted by Gasteiger charge is -2.12. The fraction of sp³-hybridized carbons (Fsp3) is 0.167. The Morgan fingerprint density at radius 2 is 2.05 bits per heavy atom. The SMILES string of the molecule is COc1ccc(OC)c(Nc2nc(Cl)nc(N)c2[N+](=O)[O-])c1. The number of hydrogen-bond donors (Lipinski definition) is 2. The average Bonchev–Trinajstić information content (AvgIpc) is 2.45. The van der Waals surface area contributed by atoms with E-state index in [4.69, 9.17) is 26.8 Å². The molecular weight excluding hydrogens is 314 g/mol. The summed E-state index contributed by atoms with van der Waals surface area (Å²) in [6, 6.07) is 4.91. The van der Waals surface area contributed by atoms with E-state index in [0.29, 0.717) is 17.2 Å². The molecule has 0 radical (unpaired) electrons. The maximum absolute atomic E-state index is 11.1. The van der Waals surface area contributed by atoms with Crippen LogP contribution in [0, 0.1) is 10.1 Å². The normalized spacial score (nSPS) is 10.1. The predicted octanol–water partition coefficient (Wildman–Crippen LogP) is 2.38. The van der Waals surface area contributed by atoms with E-state index < -0.39 is 10.6 Å². The maximum atomic E-state index is 11.1. The molecule has 0 bridgehead atoms. The Labute approximate surface area is 130 Å². The standard InChI is InChI=1S/C12H12ClN5O4/c1-21-6-3-4-8(22-2)7(5-6)15-11-9(18(19)20)10(14)16-12(13)17-11/h3-5H,1-2H3,(H3,14,15,16,17). The van der Waals surface area contributed by atoms with Gasteiger partial charge < -0.3 is 20.5 Å². The summed E-state index contributed by atoms with van der Waals surface area (Å²) in [7, 11) is 2.95. The summed E-state index contributed by atoms with van der Waals surface area (Å²) in [5, 5.41) is 13.7. The summed E-state index contributed by atoms with van der Waals surface area (Å²) >= 11 is 5.70. The number of nitrogen functional groups attached to an aromatic ring is 1. The first kappa shape index (κ1) is 15.6. The zero-order chi connectivity index (χ0) is 16.3. The second-order valence-electron chi connectivity index (χ2n) is 4.02. The number of nitro groups is 1. The first-order valence-electron chi connectivity index (χ1n) is 5.92. The van der Waals surface area contributed by atoms with E-state index in [2.05, 4.69) is 15.3 Å². The third-order valence-electron chi connectivity index (χ3n) is 2.73. The summed E-state index contributed by atoms with van der Waals surface area (Å²) in [6.07, 6.45) is 0. The number of anilines is 3. The van der Waals surface area contributed by atoms with Crippen molar-refractivity contribution in [3.63, 3.8) is 0 Å². The highest BCUT2D eigenvalue weighted by molar-refractivity contribution is 6.28. The molecule has 2 aromatic rings. The number of hydrogen-bond acceptors (Lipinski definition) is 8. The highest BCUT2D eigenvalue weighted by atomic mass is 35.5. The molecule has 9 nitrogen and oxygen atoms in total. The van der Waals surface area contributed by atoms with Crippen LogP contribution in [0.2, 0.25) is 5.28 Å². The quantitative estimate of drug-likeness (QED) is 0.487.